The van der Waals surface area contributed by atoms with Crippen molar-refractivity contribution in [3.05, 3.63) is 29.3 Å². The van der Waals surface area contributed by atoms with E-state index in [1.807, 2.05) is 0 Å². The van der Waals surface area contributed by atoms with Crippen molar-refractivity contribution in [1.29, 1.82) is 0 Å². The van der Waals surface area contributed by atoms with Crippen LogP contribution in [0.4, 0.5) is 26.3 Å². The van der Waals surface area contributed by atoms with Crippen molar-refractivity contribution >= 4 is 12.7 Å². The highest BCUT2D eigenvalue weighted by Gasteiger charge is 2.36. The lowest BCUT2D eigenvalue weighted by atomic mass is 9.72. The lowest BCUT2D eigenvalue weighted by Crippen LogP contribution is -2.19. The molecule has 0 amide bonds. The van der Waals surface area contributed by atoms with Crippen molar-refractivity contribution in [2.45, 2.75) is 19.2 Å². The number of benzene rings is 1. The number of halogens is 6. The van der Waals surface area contributed by atoms with Crippen molar-refractivity contribution in [1.82, 2.24) is 0 Å². The number of hydrogen-bond donors (Lipinski definition) is 0. The Bertz CT molecular complexity index is 346. The van der Waals surface area contributed by atoms with Crippen LogP contribution in [0, 0.1) is 0 Å². The van der Waals surface area contributed by atoms with Crippen LogP contribution < -0.4 is 5.46 Å². The maximum atomic E-state index is 12.3. The molecule has 16 heavy (non-hydrogen) atoms. The van der Waals surface area contributed by atoms with E-state index in [9.17, 15) is 26.3 Å². The monoisotopic (exact) mass is 239 g/mol. The topological polar surface area (TPSA) is 0 Å². The quantitative estimate of drug-likeness (QED) is 0.521. The van der Waals surface area contributed by atoms with Crippen molar-refractivity contribution < 1.29 is 26.3 Å². The fraction of sp³-hybridized carbons (Fsp3) is 0.333. The van der Waals surface area contributed by atoms with Gasteiger partial charge in [0.1, 0.15) is 7.28 Å². The van der Waals surface area contributed by atoms with E-state index in [2.05, 4.69) is 0 Å². The van der Waals surface area contributed by atoms with Gasteiger partial charge in [0.15, 0.2) is 0 Å². The van der Waals surface area contributed by atoms with Gasteiger partial charge in [0.2, 0.25) is 0 Å². The van der Waals surface area contributed by atoms with E-state index >= 15 is 0 Å². The van der Waals surface area contributed by atoms with Crippen LogP contribution in [0.15, 0.2) is 18.2 Å². The summed E-state index contributed by atoms with van der Waals surface area (Å²) in [5, 5.41) is 0. The molecular formula is C9H6BF6. The van der Waals surface area contributed by atoms with E-state index in [1.54, 1.807) is 0 Å². The van der Waals surface area contributed by atoms with Crippen LogP contribution in [0.1, 0.15) is 11.1 Å². The second kappa shape index (κ2) is 4.03. The van der Waals surface area contributed by atoms with Gasteiger partial charge in [-0.25, -0.2) is 0 Å². The smallest absolute Gasteiger partial charge is 0.166 e. The molecule has 0 bridgehead atoms. The average molecular weight is 239 g/mol. The van der Waals surface area contributed by atoms with Crippen LogP contribution >= 0.6 is 0 Å². The second-order valence-electron chi connectivity index (χ2n) is 3.13. The molecule has 1 rings (SSSR count). The van der Waals surface area contributed by atoms with Crippen LogP contribution in [0.2, 0.25) is 6.82 Å². The normalized spacial score (nSPS) is 12.7. The van der Waals surface area contributed by atoms with Crippen LogP contribution in [-0.4, -0.2) is 7.28 Å². The van der Waals surface area contributed by atoms with E-state index in [0.29, 0.717) is 12.1 Å². The molecule has 0 fully saturated rings. The largest absolute Gasteiger partial charge is 0.416 e. The zero-order valence-electron chi connectivity index (χ0n) is 8.08. The highest BCUT2D eigenvalue weighted by molar-refractivity contribution is 6.51. The van der Waals surface area contributed by atoms with E-state index in [0.717, 1.165) is 0 Å². The first-order valence-corrected chi connectivity index (χ1v) is 4.23. The minimum absolute atomic E-state index is 0.104. The molecule has 7 heteroatoms. The highest BCUT2D eigenvalue weighted by atomic mass is 19.4. The van der Waals surface area contributed by atoms with Gasteiger partial charge in [0.05, 0.1) is 11.1 Å². The van der Waals surface area contributed by atoms with Crippen LogP contribution in [0.3, 0.4) is 0 Å². The SMILES string of the molecule is C[B]c1cc(C(F)(F)F)cc(C(F)(F)F)c1. The summed E-state index contributed by atoms with van der Waals surface area (Å²) >= 11 is 0. The van der Waals surface area contributed by atoms with Crippen molar-refractivity contribution in [2.75, 3.05) is 0 Å². The predicted molar refractivity (Wildman–Crippen MR) is 47.7 cm³/mol. The van der Waals surface area contributed by atoms with E-state index < -0.39 is 23.5 Å². The van der Waals surface area contributed by atoms with Crippen LogP contribution in [0.25, 0.3) is 0 Å². The molecule has 1 aromatic rings. The third kappa shape index (κ3) is 2.93. The first kappa shape index (κ1) is 12.9. The molecule has 87 valence electrons. The Morgan fingerprint density at radius 1 is 0.812 bits per heavy atom. The van der Waals surface area contributed by atoms with Gasteiger partial charge < -0.3 is 0 Å². The molecule has 0 N–H and O–H groups in total. The Labute approximate surface area is 88.5 Å². The van der Waals surface area contributed by atoms with Gasteiger partial charge in [-0.3, -0.25) is 0 Å². The molecule has 0 saturated heterocycles. The van der Waals surface area contributed by atoms with Gasteiger partial charge in [0, 0.05) is 0 Å². The molecule has 0 spiro atoms. The van der Waals surface area contributed by atoms with Crippen LogP contribution in [0.5, 0.6) is 0 Å². The third-order valence-corrected chi connectivity index (χ3v) is 1.94. The van der Waals surface area contributed by atoms with Gasteiger partial charge in [-0.05, 0) is 6.07 Å². The third-order valence-electron chi connectivity index (χ3n) is 1.94. The summed E-state index contributed by atoms with van der Waals surface area (Å²) in [6, 6.07) is 1.46. The summed E-state index contributed by atoms with van der Waals surface area (Å²) in [4.78, 5) is 0. The van der Waals surface area contributed by atoms with Crippen molar-refractivity contribution in [3.8, 4) is 0 Å². The summed E-state index contributed by atoms with van der Waals surface area (Å²) in [5.74, 6) is 0. The van der Waals surface area contributed by atoms with Gasteiger partial charge in [-0.2, -0.15) is 26.3 Å². The summed E-state index contributed by atoms with van der Waals surface area (Å²) in [7, 11) is 1.18. The Morgan fingerprint density at radius 2 is 1.19 bits per heavy atom. The van der Waals surface area contributed by atoms with Gasteiger partial charge in [-0.15, -0.1) is 0 Å². The molecule has 0 aliphatic heterocycles. The second-order valence-corrected chi connectivity index (χ2v) is 3.13. The summed E-state index contributed by atoms with van der Waals surface area (Å²) in [6.45, 7) is 1.37. The number of rotatable bonds is 1. The fourth-order valence-corrected chi connectivity index (χ4v) is 1.15. The zero-order chi connectivity index (χ0) is 12.6. The van der Waals surface area contributed by atoms with Gasteiger partial charge in [-0.1, -0.05) is 24.4 Å². The molecule has 0 aromatic heterocycles. The Kier molecular flexibility index (Phi) is 3.26. The minimum atomic E-state index is -4.78. The molecule has 0 heterocycles. The highest BCUT2D eigenvalue weighted by Crippen LogP contribution is 2.34. The molecule has 1 radical (unpaired) electrons. The Morgan fingerprint density at radius 3 is 1.44 bits per heavy atom. The molecule has 0 aliphatic rings. The first-order chi connectivity index (χ1) is 7.14. The Hall–Kier alpha value is -1.14. The van der Waals surface area contributed by atoms with E-state index in [-0.39, 0.29) is 11.5 Å². The molecule has 1 aromatic carbocycles. The van der Waals surface area contributed by atoms with Crippen LogP contribution in [-0.2, 0) is 12.4 Å². The lowest BCUT2D eigenvalue weighted by molar-refractivity contribution is -0.142. The maximum absolute atomic E-state index is 12.3. The Balaban J connectivity index is 3.33. The van der Waals surface area contributed by atoms with Gasteiger partial charge in [0.25, 0.3) is 0 Å². The van der Waals surface area contributed by atoms with E-state index in [1.165, 1.54) is 14.1 Å². The summed E-state index contributed by atoms with van der Waals surface area (Å²) in [5.41, 5.74) is -2.70. The lowest BCUT2D eigenvalue weighted by Gasteiger charge is -2.13. The van der Waals surface area contributed by atoms with E-state index in [4.69, 9.17) is 0 Å². The molecular weight excluding hydrogens is 233 g/mol. The summed E-state index contributed by atoms with van der Waals surface area (Å²) in [6.07, 6.45) is -9.56. The molecule has 0 saturated carbocycles. The maximum Gasteiger partial charge on any atom is 0.416 e. The van der Waals surface area contributed by atoms with Crippen molar-refractivity contribution in [2.24, 2.45) is 0 Å². The number of hydrogen-bond acceptors (Lipinski definition) is 0. The fourth-order valence-electron chi connectivity index (χ4n) is 1.15. The molecule has 0 aliphatic carbocycles. The standard InChI is InChI=1S/C9H6BF6/c1-10-7-3-5(8(11,12)13)2-6(4-7)9(14,15)16/h2-4H,1H3. The first-order valence-electron chi connectivity index (χ1n) is 4.23. The minimum Gasteiger partial charge on any atom is -0.166 e. The predicted octanol–water partition coefficient (Wildman–Crippen LogP) is 3.10. The zero-order valence-corrected chi connectivity index (χ0v) is 8.08. The number of alkyl halides is 6. The molecule has 0 atom stereocenters. The summed E-state index contributed by atoms with van der Waals surface area (Å²) < 4.78 is 73.7. The van der Waals surface area contributed by atoms with Crippen molar-refractivity contribution in [3.63, 3.8) is 0 Å². The van der Waals surface area contributed by atoms with Gasteiger partial charge >= 0.3 is 12.4 Å². The average Bonchev–Trinajstić information content (AvgIpc) is 2.14. The molecule has 0 unspecified atom stereocenters. The molecule has 0 nitrogen and oxygen atoms in total.